The number of phenols is 1. The van der Waals surface area contributed by atoms with Gasteiger partial charge in [-0.15, -0.1) is 0 Å². The molecule has 0 aliphatic carbocycles. The van der Waals surface area contributed by atoms with Crippen molar-refractivity contribution in [3.8, 4) is 17.2 Å². The largest absolute Gasteiger partial charge is 0.500 e. The molecular formula is C18H15N3O5. The molecule has 2 aromatic carbocycles. The Morgan fingerprint density at radius 1 is 1.31 bits per heavy atom. The molecule has 1 aromatic heterocycles. The Morgan fingerprint density at radius 2 is 2.00 bits per heavy atom. The number of aromatic amines is 1. The lowest BCUT2D eigenvalue weighted by atomic mass is 10.1. The summed E-state index contributed by atoms with van der Waals surface area (Å²) in [4.78, 5) is 23.1. The van der Waals surface area contributed by atoms with E-state index in [1.165, 1.54) is 23.9 Å². The molecule has 0 aliphatic rings. The second kappa shape index (κ2) is 6.60. The molecule has 26 heavy (non-hydrogen) atoms. The lowest BCUT2D eigenvalue weighted by Crippen LogP contribution is -2.33. The van der Waals surface area contributed by atoms with Gasteiger partial charge in [0.1, 0.15) is 0 Å². The molecule has 1 heterocycles. The molecule has 0 fully saturated rings. The summed E-state index contributed by atoms with van der Waals surface area (Å²) in [6.45, 7) is 3.82. The van der Waals surface area contributed by atoms with Crippen molar-refractivity contribution in [3.05, 3.63) is 79.1 Å². The Labute approximate surface area is 147 Å². The van der Waals surface area contributed by atoms with E-state index >= 15 is 0 Å². The number of H-pyrrole nitrogens is 1. The number of para-hydroxylation sites is 1. The van der Waals surface area contributed by atoms with Gasteiger partial charge in [-0.2, -0.15) is 0 Å². The highest BCUT2D eigenvalue weighted by atomic mass is 16.6. The highest BCUT2D eigenvalue weighted by molar-refractivity contribution is 5.64. The first-order chi connectivity index (χ1) is 12.4. The number of ether oxygens (including phenoxy) is 1. The Kier molecular flexibility index (Phi) is 4.32. The van der Waals surface area contributed by atoms with Crippen LogP contribution in [0.25, 0.3) is 18.3 Å². The third-order valence-corrected chi connectivity index (χ3v) is 3.82. The van der Waals surface area contributed by atoms with Crippen molar-refractivity contribution in [1.29, 1.82) is 0 Å². The van der Waals surface area contributed by atoms with E-state index in [-0.39, 0.29) is 16.5 Å². The number of nitro benzene ring substituents is 1. The van der Waals surface area contributed by atoms with Gasteiger partial charge >= 0.3 is 5.69 Å². The molecule has 0 bridgehead atoms. The minimum absolute atomic E-state index is 0.0602. The summed E-state index contributed by atoms with van der Waals surface area (Å²) in [5.41, 5.74) is 0.0971. The number of nitro groups is 1. The van der Waals surface area contributed by atoms with Gasteiger partial charge in [0.25, 0.3) is 5.56 Å². The zero-order chi connectivity index (χ0) is 18.8. The molecule has 0 saturated heterocycles. The van der Waals surface area contributed by atoms with Crippen molar-refractivity contribution in [2.75, 3.05) is 7.11 Å². The first kappa shape index (κ1) is 17.0. The SMILES string of the molecule is C=c1[nH]n(-c2ccccc2)c(=O)/c1=C\c1cc(OC)c(O)c([N+](=O)[O-])c1. The smallest absolute Gasteiger partial charge is 0.315 e. The number of nitrogens with one attached hydrogen (secondary N) is 1. The molecule has 0 amide bonds. The van der Waals surface area contributed by atoms with Crippen LogP contribution in [0.2, 0.25) is 0 Å². The monoisotopic (exact) mass is 353 g/mol. The van der Waals surface area contributed by atoms with Crippen LogP contribution in [-0.2, 0) is 0 Å². The number of hydrogen-bond acceptors (Lipinski definition) is 5. The molecule has 8 nitrogen and oxygen atoms in total. The molecule has 3 rings (SSSR count). The third kappa shape index (κ3) is 2.95. The number of aromatic nitrogens is 2. The van der Waals surface area contributed by atoms with Crippen LogP contribution in [0.15, 0.2) is 47.3 Å². The first-order valence-electron chi connectivity index (χ1n) is 7.55. The van der Waals surface area contributed by atoms with Crippen molar-refractivity contribution in [2.24, 2.45) is 0 Å². The van der Waals surface area contributed by atoms with Gasteiger partial charge in [-0.1, -0.05) is 24.8 Å². The fourth-order valence-corrected chi connectivity index (χ4v) is 2.56. The average Bonchev–Trinajstić information content (AvgIpc) is 2.91. The Bertz CT molecular complexity index is 1150. The average molecular weight is 353 g/mol. The molecule has 132 valence electrons. The maximum absolute atomic E-state index is 12.7. The highest BCUT2D eigenvalue weighted by Crippen LogP contribution is 2.36. The third-order valence-electron chi connectivity index (χ3n) is 3.82. The molecule has 0 spiro atoms. The zero-order valence-electron chi connectivity index (χ0n) is 13.8. The van der Waals surface area contributed by atoms with Crippen LogP contribution in [0, 0.1) is 10.1 Å². The van der Waals surface area contributed by atoms with Gasteiger partial charge in [0.15, 0.2) is 5.75 Å². The molecule has 2 N–H and O–H groups in total. The minimum atomic E-state index is -0.723. The van der Waals surface area contributed by atoms with Crippen molar-refractivity contribution in [1.82, 2.24) is 9.78 Å². The van der Waals surface area contributed by atoms with Crippen LogP contribution >= 0.6 is 0 Å². The zero-order valence-corrected chi connectivity index (χ0v) is 13.8. The number of rotatable bonds is 4. The van der Waals surface area contributed by atoms with E-state index in [0.717, 1.165) is 6.07 Å². The Balaban J connectivity index is 2.23. The molecule has 0 aliphatic heterocycles. The van der Waals surface area contributed by atoms with Crippen molar-refractivity contribution in [3.63, 3.8) is 0 Å². The second-order valence-electron chi connectivity index (χ2n) is 5.47. The molecule has 8 heteroatoms. The summed E-state index contributed by atoms with van der Waals surface area (Å²) in [5, 5.41) is 24.4. The van der Waals surface area contributed by atoms with Crippen LogP contribution in [0.3, 0.4) is 0 Å². The van der Waals surface area contributed by atoms with Gasteiger partial charge in [0.05, 0.1) is 28.3 Å². The number of hydrogen-bond donors (Lipinski definition) is 2. The van der Waals surface area contributed by atoms with Crippen molar-refractivity contribution < 1.29 is 14.8 Å². The van der Waals surface area contributed by atoms with Gasteiger partial charge in [0.2, 0.25) is 5.75 Å². The number of nitrogens with zero attached hydrogens (tertiary/aromatic N) is 2. The number of methoxy groups -OCH3 is 1. The van der Waals surface area contributed by atoms with Crippen LogP contribution in [0.1, 0.15) is 5.56 Å². The van der Waals surface area contributed by atoms with E-state index in [0.29, 0.717) is 16.6 Å². The van der Waals surface area contributed by atoms with E-state index in [1.807, 2.05) is 6.07 Å². The highest BCUT2D eigenvalue weighted by Gasteiger charge is 2.19. The fourth-order valence-electron chi connectivity index (χ4n) is 2.56. The lowest BCUT2D eigenvalue weighted by molar-refractivity contribution is -0.386. The summed E-state index contributed by atoms with van der Waals surface area (Å²) in [6, 6.07) is 11.5. The van der Waals surface area contributed by atoms with Gasteiger partial charge in [-0.05, 0) is 29.8 Å². The standard InChI is InChI=1S/C18H15N3O5/c1-11-14(18(23)20(19-11)13-6-4-3-5-7-13)8-12-9-15(21(24)25)17(22)16(10-12)26-2/h3-10,19,22H,1H2,2H3/b14-8-. The number of aromatic hydroxyl groups is 1. The van der Waals surface area contributed by atoms with Gasteiger partial charge in [-0.25, -0.2) is 4.68 Å². The fraction of sp³-hybridized carbons (Fsp3) is 0.0556. The quantitative estimate of drug-likeness (QED) is 0.538. The second-order valence-corrected chi connectivity index (χ2v) is 5.47. The summed E-state index contributed by atoms with van der Waals surface area (Å²) < 4.78 is 6.30. The molecule has 3 aromatic rings. The molecule has 0 radical (unpaired) electrons. The molecule has 0 saturated carbocycles. The van der Waals surface area contributed by atoms with E-state index in [9.17, 15) is 20.0 Å². The summed E-state index contributed by atoms with van der Waals surface area (Å²) in [7, 11) is 1.29. The van der Waals surface area contributed by atoms with Crippen LogP contribution in [-0.4, -0.2) is 26.9 Å². The van der Waals surface area contributed by atoms with E-state index in [1.54, 1.807) is 24.3 Å². The van der Waals surface area contributed by atoms with Crippen LogP contribution in [0.5, 0.6) is 11.5 Å². The summed E-state index contributed by atoms with van der Waals surface area (Å²) in [5.74, 6) is -0.629. The predicted octanol–water partition coefficient (Wildman–Crippen LogP) is 1.03. The van der Waals surface area contributed by atoms with Gasteiger partial charge < -0.3 is 9.84 Å². The van der Waals surface area contributed by atoms with Crippen LogP contribution < -0.4 is 20.9 Å². The minimum Gasteiger partial charge on any atom is -0.500 e. The van der Waals surface area contributed by atoms with Crippen molar-refractivity contribution >= 4 is 18.3 Å². The Hall–Kier alpha value is -3.81. The first-order valence-corrected chi connectivity index (χ1v) is 7.55. The van der Waals surface area contributed by atoms with E-state index < -0.39 is 16.4 Å². The molecular weight excluding hydrogens is 338 g/mol. The number of phenolic OH excluding ortho intramolecular Hbond substituents is 1. The molecule has 0 unspecified atom stereocenters. The van der Waals surface area contributed by atoms with Gasteiger partial charge in [0, 0.05) is 6.07 Å². The van der Waals surface area contributed by atoms with Gasteiger partial charge in [-0.3, -0.25) is 20.0 Å². The topological polar surface area (TPSA) is 110 Å². The summed E-state index contributed by atoms with van der Waals surface area (Å²) >= 11 is 0. The lowest BCUT2D eigenvalue weighted by Gasteiger charge is -2.05. The van der Waals surface area contributed by atoms with Crippen LogP contribution in [0.4, 0.5) is 5.69 Å². The van der Waals surface area contributed by atoms with Crippen molar-refractivity contribution in [2.45, 2.75) is 0 Å². The summed E-state index contributed by atoms with van der Waals surface area (Å²) in [6.07, 6.45) is 1.45. The maximum atomic E-state index is 12.7. The maximum Gasteiger partial charge on any atom is 0.315 e. The normalized spacial score (nSPS) is 11.5. The van der Waals surface area contributed by atoms with E-state index in [4.69, 9.17) is 4.74 Å². The number of benzene rings is 2. The predicted molar refractivity (Wildman–Crippen MR) is 96.0 cm³/mol. The van der Waals surface area contributed by atoms with E-state index in [2.05, 4.69) is 11.7 Å². The molecule has 0 atom stereocenters. The Morgan fingerprint density at radius 3 is 2.62 bits per heavy atom.